The molecule has 2 heterocycles. The maximum Gasteiger partial charge on any atom is 0.231 e. The summed E-state index contributed by atoms with van der Waals surface area (Å²) in [7, 11) is 0. The number of H-pyrrole nitrogens is 1. The van der Waals surface area contributed by atoms with Crippen LogP contribution in [0.25, 0.3) is 11.0 Å². The third-order valence-corrected chi connectivity index (χ3v) is 3.03. The first kappa shape index (κ1) is 10.1. The van der Waals surface area contributed by atoms with Crippen LogP contribution in [-0.2, 0) is 0 Å². The van der Waals surface area contributed by atoms with Crippen molar-refractivity contribution in [3.05, 3.63) is 24.3 Å². The Kier molecular flexibility index (Phi) is 2.44. The van der Waals surface area contributed by atoms with Crippen molar-refractivity contribution >= 4 is 22.9 Å². The molecule has 5 heteroatoms. The van der Waals surface area contributed by atoms with Crippen molar-refractivity contribution in [2.75, 3.05) is 13.1 Å². The van der Waals surface area contributed by atoms with Crippen LogP contribution in [0.1, 0.15) is 12.8 Å². The molecule has 3 rings (SSSR count). The molecule has 0 radical (unpaired) electrons. The highest BCUT2D eigenvalue weighted by atomic mass is 15.3. The molecule has 1 aliphatic heterocycles. The second-order valence-electron chi connectivity index (χ2n) is 4.24. The molecule has 0 atom stereocenters. The van der Waals surface area contributed by atoms with Gasteiger partial charge in [0.15, 0.2) is 5.96 Å². The average molecular weight is 229 g/mol. The van der Waals surface area contributed by atoms with Crippen LogP contribution in [0, 0.1) is 0 Å². The molecule has 1 aromatic heterocycles. The lowest BCUT2D eigenvalue weighted by molar-refractivity contribution is 0.513. The van der Waals surface area contributed by atoms with E-state index in [0.717, 1.165) is 24.1 Å². The van der Waals surface area contributed by atoms with Crippen LogP contribution in [0.3, 0.4) is 0 Å². The summed E-state index contributed by atoms with van der Waals surface area (Å²) < 4.78 is 0. The number of guanidine groups is 1. The molecule has 0 unspecified atom stereocenters. The number of aliphatic imine (C=N–C) groups is 1. The van der Waals surface area contributed by atoms with E-state index in [4.69, 9.17) is 5.73 Å². The van der Waals surface area contributed by atoms with Crippen molar-refractivity contribution in [3.63, 3.8) is 0 Å². The SMILES string of the molecule is N/C(=N/c1nc2ccccc2[nH]1)N1CCCC1. The largest absolute Gasteiger partial charge is 0.369 e. The van der Waals surface area contributed by atoms with E-state index in [1.165, 1.54) is 12.8 Å². The Morgan fingerprint density at radius 3 is 2.82 bits per heavy atom. The molecule has 2 aromatic rings. The molecule has 1 fully saturated rings. The fourth-order valence-corrected chi connectivity index (χ4v) is 2.12. The van der Waals surface area contributed by atoms with E-state index < -0.39 is 0 Å². The molecule has 0 saturated carbocycles. The number of benzene rings is 1. The fraction of sp³-hybridized carbons (Fsp3) is 0.333. The van der Waals surface area contributed by atoms with E-state index in [1.54, 1.807) is 0 Å². The fourth-order valence-electron chi connectivity index (χ4n) is 2.12. The zero-order valence-electron chi connectivity index (χ0n) is 9.56. The molecule has 0 aliphatic carbocycles. The summed E-state index contributed by atoms with van der Waals surface area (Å²) in [5.41, 5.74) is 7.85. The van der Waals surface area contributed by atoms with Crippen LogP contribution in [0.15, 0.2) is 29.3 Å². The van der Waals surface area contributed by atoms with Gasteiger partial charge in [-0.05, 0) is 25.0 Å². The second kappa shape index (κ2) is 4.08. The van der Waals surface area contributed by atoms with Gasteiger partial charge in [-0.2, -0.15) is 4.99 Å². The standard InChI is InChI=1S/C12H15N5/c13-11(17-7-3-4-8-17)16-12-14-9-5-1-2-6-10(9)15-12/h1-2,5-6H,3-4,7-8H2,(H3,13,14,15,16). The van der Waals surface area contributed by atoms with E-state index in [0.29, 0.717) is 11.9 Å². The second-order valence-corrected chi connectivity index (χ2v) is 4.24. The van der Waals surface area contributed by atoms with Gasteiger partial charge in [0.05, 0.1) is 11.0 Å². The molecule has 88 valence electrons. The maximum atomic E-state index is 5.95. The van der Waals surface area contributed by atoms with Gasteiger partial charge in [-0.15, -0.1) is 0 Å². The Morgan fingerprint density at radius 2 is 2.06 bits per heavy atom. The lowest BCUT2D eigenvalue weighted by atomic mass is 10.3. The first-order valence-electron chi connectivity index (χ1n) is 5.87. The Morgan fingerprint density at radius 1 is 1.29 bits per heavy atom. The van der Waals surface area contributed by atoms with Crippen molar-refractivity contribution in [2.24, 2.45) is 10.7 Å². The molecule has 0 bridgehead atoms. The number of nitrogens with zero attached hydrogens (tertiary/aromatic N) is 3. The van der Waals surface area contributed by atoms with Gasteiger partial charge in [0.2, 0.25) is 5.95 Å². The van der Waals surface area contributed by atoms with Crippen LogP contribution in [-0.4, -0.2) is 33.9 Å². The quantitative estimate of drug-likeness (QED) is 0.576. The number of nitrogens with two attached hydrogens (primary N) is 1. The third-order valence-electron chi connectivity index (χ3n) is 3.03. The molecule has 0 amide bonds. The summed E-state index contributed by atoms with van der Waals surface area (Å²) in [5, 5.41) is 0. The van der Waals surface area contributed by atoms with Crippen molar-refractivity contribution < 1.29 is 0 Å². The summed E-state index contributed by atoms with van der Waals surface area (Å²) in [5.74, 6) is 1.14. The van der Waals surface area contributed by atoms with Crippen LogP contribution < -0.4 is 5.73 Å². The Bertz CT molecular complexity index is 518. The highest BCUT2D eigenvalue weighted by Gasteiger charge is 2.13. The number of aromatic nitrogens is 2. The number of imidazole rings is 1. The topological polar surface area (TPSA) is 70.3 Å². The zero-order valence-corrected chi connectivity index (χ0v) is 9.56. The lowest BCUT2D eigenvalue weighted by Crippen LogP contribution is -2.34. The number of likely N-dealkylation sites (tertiary alicyclic amines) is 1. The van der Waals surface area contributed by atoms with Gasteiger partial charge in [-0.3, -0.25) is 0 Å². The van der Waals surface area contributed by atoms with E-state index >= 15 is 0 Å². The predicted octanol–water partition coefficient (Wildman–Crippen LogP) is 1.60. The molecular weight excluding hydrogens is 214 g/mol. The van der Waals surface area contributed by atoms with Crippen LogP contribution in [0.5, 0.6) is 0 Å². The van der Waals surface area contributed by atoms with Gasteiger partial charge in [-0.25, -0.2) is 4.98 Å². The minimum atomic E-state index is 0.557. The normalized spacial score (nSPS) is 16.9. The maximum absolute atomic E-state index is 5.95. The van der Waals surface area contributed by atoms with Gasteiger partial charge < -0.3 is 15.6 Å². The molecule has 1 aromatic carbocycles. The summed E-state index contributed by atoms with van der Waals surface area (Å²) >= 11 is 0. The molecule has 17 heavy (non-hydrogen) atoms. The van der Waals surface area contributed by atoms with Gasteiger partial charge in [-0.1, -0.05) is 12.1 Å². The minimum Gasteiger partial charge on any atom is -0.369 e. The average Bonchev–Trinajstić information content (AvgIpc) is 2.97. The molecule has 0 spiro atoms. The zero-order chi connectivity index (χ0) is 11.7. The number of nitrogens with one attached hydrogen (secondary N) is 1. The van der Waals surface area contributed by atoms with Crippen LogP contribution in [0.4, 0.5) is 5.95 Å². The van der Waals surface area contributed by atoms with Crippen LogP contribution in [0.2, 0.25) is 0 Å². The molecule has 3 N–H and O–H groups in total. The predicted molar refractivity (Wildman–Crippen MR) is 68.2 cm³/mol. The number of aromatic amines is 1. The van der Waals surface area contributed by atoms with Crippen molar-refractivity contribution in [1.82, 2.24) is 14.9 Å². The first-order valence-corrected chi connectivity index (χ1v) is 5.87. The van der Waals surface area contributed by atoms with Gasteiger partial charge in [0, 0.05) is 13.1 Å². The summed E-state index contributed by atoms with van der Waals surface area (Å²) in [6.45, 7) is 1.99. The van der Waals surface area contributed by atoms with E-state index in [1.807, 2.05) is 24.3 Å². The Balaban J connectivity index is 1.90. The van der Waals surface area contributed by atoms with Gasteiger partial charge in [0.25, 0.3) is 0 Å². The Hall–Kier alpha value is -2.04. The summed E-state index contributed by atoms with van der Waals surface area (Å²) in [4.78, 5) is 13.9. The van der Waals surface area contributed by atoms with Crippen molar-refractivity contribution in [1.29, 1.82) is 0 Å². The first-order chi connectivity index (χ1) is 8.33. The summed E-state index contributed by atoms with van der Waals surface area (Å²) in [6.07, 6.45) is 2.38. The van der Waals surface area contributed by atoms with Gasteiger partial charge in [0.1, 0.15) is 0 Å². The van der Waals surface area contributed by atoms with Crippen LogP contribution >= 0.6 is 0 Å². The van der Waals surface area contributed by atoms with E-state index in [9.17, 15) is 0 Å². The van der Waals surface area contributed by atoms with E-state index in [2.05, 4.69) is 19.9 Å². The molecule has 5 nitrogen and oxygen atoms in total. The number of hydrogen-bond acceptors (Lipinski definition) is 2. The Labute approximate surface area is 99.4 Å². The smallest absolute Gasteiger partial charge is 0.231 e. The monoisotopic (exact) mass is 229 g/mol. The number of rotatable bonds is 1. The van der Waals surface area contributed by atoms with Crippen molar-refractivity contribution in [3.8, 4) is 0 Å². The number of hydrogen-bond donors (Lipinski definition) is 2. The third kappa shape index (κ3) is 1.95. The number of fused-ring (bicyclic) bond motifs is 1. The highest BCUT2D eigenvalue weighted by Crippen LogP contribution is 2.16. The van der Waals surface area contributed by atoms with Gasteiger partial charge >= 0.3 is 0 Å². The molecular formula is C12H15N5. The highest BCUT2D eigenvalue weighted by molar-refractivity contribution is 5.82. The summed E-state index contributed by atoms with van der Waals surface area (Å²) in [6, 6.07) is 7.86. The number of para-hydroxylation sites is 2. The molecule has 1 saturated heterocycles. The lowest BCUT2D eigenvalue weighted by Gasteiger charge is -2.14. The molecule has 1 aliphatic rings. The minimum absolute atomic E-state index is 0.557. The van der Waals surface area contributed by atoms with Crippen molar-refractivity contribution in [2.45, 2.75) is 12.8 Å². The van der Waals surface area contributed by atoms with E-state index in [-0.39, 0.29) is 0 Å².